The molecule has 0 atom stereocenters. The van der Waals surface area contributed by atoms with Crippen LogP contribution < -0.4 is 10.2 Å². The van der Waals surface area contributed by atoms with E-state index in [2.05, 4.69) is 10.3 Å². The second kappa shape index (κ2) is 3.68. The molecule has 92 valence electrons. The summed E-state index contributed by atoms with van der Waals surface area (Å²) in [6, 6.07) is 5.80. The van der Waals surface area contributed by atoms with E-state index in [1.54, 1.807) is 6.08 Å². The van der Waals surface area contributed by atoms with Gasteiger partial charge in [-0.05, 0) is 30.5 Å². The lowest BCUT2D eigenvalue weighted by Gasteiger charge is -2.28. The molecule has 1 amide bonds. The average molecular weight is 243 g/mol. The molecule has 1 saturated carbocycles. The van der Waals surface area contributed by atoms with Gasteiger partial charge in [-0.15, -0.1) is 0 Å². The van der Waals surface area contributed by atoms with Gasteiger partial charge in [0.1, 0.15) is 0 Å². The zero-order valence-electron chi connectivity index (χ0n) is 10.1. The Bertz CT molecular complexity index is 572. The van der Waals surface area contributed by atoms with Crippen molar-refractivity contribution in [2.45, 2.75) is 18.4 Å². The van der Waals surface area contributed by atoms with E-state index < -0.39 is 0 Å². The molecular formula is C13H13N3O2. The number of anilines is 2. The largest absolute Gasteiger partial charge is 0.364 e. The number of hydrogen-bond acceptors (Lipinski definition) is 4. The van der Waals surface area contributed by atoms with Crippen LogP contribution in [0.2, 0.25) is 0 Å². The zero-order chi connectivity index (χ0) is 12.8. The van der Waals surface area contributed by atoms with Gasteiger partial charge in [0.25, 0.3) is 0 Å². The average Bonchev–Trinajstić information content (AvgIpc) is 3.10. The van der Waals surface area contributed by atoms with Crippen molar-refractivity contribution in [1.29, 1.82) is 0 Å². The molecule has 0 unspecified atom stereocenters. The Kier molecular flexibility index (Phi) is 2.25. The summed E-state index contributed by atoms with van der Waals surface area (Å²) in [6.45, 7) is 0.348. The van der Waals surface area contributed by atoms with Crippen LogP contribution in [0.3, 0.4) is 0 Å². The fourth-order valence-electron chi connectivity index (χ4n) is 2.40. The van der Waals surface area contributed by atoms with Crippen LogP contribution in [0.15, 0.2) is 23.2 Å². The van der Waals surface area contributed by atoms with E-state index in [9.17, 15) is 9.59 Å². The third-order valence-corrected chi connectivity index (χ3v) is 3.58. The van der Waals surface area contributed by atoms with Crippen molar-refractivity contribution in [3.63, 3.8) is 0 Å². The first-order chi connectivity index (χ1) is 8.64. The first kappa shape index (κ1) is 11.0. The number of isocyanates is 1. The second-order valence-electron chi connectivity index (χ2n) is 4.87. The fourth-order valence-corrected chi connectivity index (χ4v) is 2.40. The highest BCUT2D eigenvalue weighted by molar-refractivity contribution is 6.01. The zero-order valence-corrected chi connectivity index (χ0v) is 10.1. The number of nitrogens with zero attached hydrogens (tertiary/aromatic N) is 2. The number of fused-ring (bicyclic) bond motifs is 1. The summed E-state index contributed by atoms with van der Waals surface area (Å²) in [5, 5.41) is 2.83. The molecule has 1 heterocycles. The Morgan fingerprint density at radius 3 is 2.89 bits per heavy atom. The number of likely N-dealkylation sites (N-methyl/N-ethyl adjacent to an activating group) is 1. The number of amides is 1. The molecule has 1 aliphatic carbocycles. The van der Waals surface area contributed by atoms with Crippen molar-refractivity contribution >= 4 is 23.4 Å². The van der Waals surface area contributed by atoms with E-state index in [1.807, 2.05) is 30.1 Å². The van der Waals surface area contributed by atoms with Gasteiger partial charge in [-0.3, -0.25) is 4.79 Å². The molecular weight excluding hydrogens is 230 g/mol. The van der Waals surface area contributed by atoms with Gasteiger partial charge < -0.3 is 10.2 Å². The molecule has 5 heteroatoms. The molecule has 3 rings (SSSR count). The summed E-state index contributed by atoms with van der Waals surface area (Å²) in [5.41, 5.74) is 2.44. The second-order valence-corrected chi connectivity index (χ2v) is 4.87. The minimum Gasteiger partial charge on any atom is -0.364 e. The summed E-state index contributed by atoms with van der Waals surface area (Å²) < 4.78 is 0. The smallest absolute Gasteiger partial charge is 0.243 e. The summed E-state index contributed by atoms with van der Waals surface area (Å²) in [5.74, 6) is -0.00945. The summed E-state index contributed by atoms with van der Waals surface area (Å²) >= 11 is 0. The van der Waals surface area contributed by atoms with Crippen LogP contribution in [-0.4, -0.2) is 25.6 Å². The Balaban J connectivity index is 2.04. The third kappa shape index (κ3) is 1.60. The van der Waals surface area contributed by atoms with Gasteiger partial charge in [-0.1, -0.05) is 6.07 Å². The summed E-state index contributed by atoms with van der Waals surface area (Å²) in [6.07, 6.45) is 3.43. The Labute approximate surface area is 105 Å². The molecule has 1 aliphatic heterocycles. The molecule has 0 spiro atoms. The lowest BCUT2D eigenvalue weighted by atomic mass is 10.0. The maximum absolute atomic E-state index is 11.4. The molecule has 1 fully saturated rings. The molecule has 0 saturated heterocycles. The van der Waals surface area contributed by atoms with Gasteiger partial charge in [0.15, 0.2) is 0 Å². The van der Waals surface area contributed by atoms with Gasteiger partial charge in [-0.2, -0.15) is 4.99 Å². The van der Waals surface area contributed by atoms with Gasteiger partial charge in [0.05, 0.1) is 23.5 Å². The molecule has 0 aromatic heterocycles. The van der Waals surface area contributed by atoms with Crippen LogP contribution in [-0.2, 0) is 15.1 Å². The lowest BCUT2D eigenvalue weighted by Crippen LogP contribution is -2.35. The van der Waals surface area contributed by atoms with E-state index in [0.29, 0.717) is 6.54 Å². The van der Waals surface area contributed by atoms with Crippen LogP contribution in [0.4, 0.5) is 11.4 Å². The number of aliphatic imine (C=N–C) groups is 1. The minimum atomic E-state index is -0.362. The Morgan fingerprint density at radius 1 is 1.44 bits per heavy atom. The van der Waals surface area contributed by atoms with Crippen molar-refractivity contribution in [3.8, 4) is 0 Å². The third-order valence-electron chi connectivity index (χ3n) is 3.58. The highest BCUT2D eigenvalue weighted by Gasteiger charge is 2.45. The van der Waals surface area contributed by atoms with Crippen LogP contribution >= 0.6 is 0 Å². The fraction of sp³-hybridized carbons (Fsp3) is 0.385. The Morgan fingerprint density at radius 2 is 2.22 bits per heavy atom. The summed E-state index contributed by atoms with van der Waals surface area (Å²) in [4.78, 5) is 27.7. The molecule has 1 aromatic carbocycles. The number of carbonyl (C=O) groups excluding carboxylic acids is 2. The normalized spacial score (nSPS) is 19.6. The monoisotopic (exact) mass is 243 g/mol. The van der Waals surface area contributed by atoms with E-state index in [1.165, 1.54) is 0 Å². The number of benzene rings is 1. The molecule has 0 radical (unpaired) electrons. The first-order valence-corrected chi connectivity index (χ1v) is 5.89. The van der Waals surface area contributed by atoms with Crippen LogP contribution in [0, 0.1) is 0 Å². The van der Waals surface area contributed by atoms with E-state index >= 15 is 0 Å². The topological polar surface area (TPSA) is 61.8 Å². The molecule has 0 bridgehead atoms. The predicted molar refractivity (Wildman–Crippen MR) is 67.4 cm³/mol. The number of hydrogen-bond donors (Lipinski definition) is 1. The standard InChI is InChI=1S/C13H13N3O2/c1-16-7-12(18)15-10-3-2-9(6-11(10)16)13(4-5-13)14-8-17/h2-3,6H,4-5,7H2,1H3,(H,15,18). The molecule has 2 aliphatic rings. The molecule has 5 nitrogen and oxygen atoms in total. The van der Waals surface area contributed by atoms with E-state index in [4.69, 9.17) is 0 Å². The maximum atomic E-state index is 11.4. The molecule has 1 N–H and O–H groups in total. The van der Waals surface area contributed by atoms with Crippen LogP contribution in [0.25, 0.3) is 0 Å². The lowest BCUT2D eigenvalue weighted by molar-refractivity contribution is -0.115. The SMILES string of the molecule is CN1CC(=O)Nc2ccc(C3(N=C=O)CC3)cc21. The quantitative estimate of drug-likeness (QED) is 0.631. The van der Waals surface area contributed by atoms with Crippen LogP contribution in [0.5, 0.6) is 0 Å². The molecule has 18 heavy (non-hydrogen) atoms. The number of nitrogens with one attached hydrogen (secondary N) is 1. The van der Waals surface area contributed by atoms with E-state index in [-0.39, 0.29) is 11.4 Å². The number of carbonyl (C=O) groups is 1. The van der Waals surface area contributed by atoms with Gasteiger partial charge >= 0.3 is 0 Å². The van der Waals surface area contributed by atoms with Crippen LogP contribution in [0.1, 0.15) is 18.4 Å². The minimum absolute atomic E-state index is 0.00945. The van der Waals surface area contributed by atoms with Gasteiger partial charge in [-0.25, -0.2) is 4.79 Å². The van der Waals surface area contributed by atoms with Gasteiger partial charge in [0, 0.05) is 7.05 Å². The number of rotatable bonds is 2. The van der Waals surface area contributed by atoms with Crippen molar-refractivity contribution in [1.82, 2.24) is 0 Å². The molecule has 1 aromatic rings. The maximum Gasteiger partial charge on any atom is 0.243 e. The van der Waals surface area contributed by atoms with E-state index in [0.717, 1.165) is 29.8 Å². The van der Waals surface area contributed by atoms with Crippen molar-refractivity contribution in [3.05, 3.63) is 23.8 Å². The highest BCUT2D eigenvalue weighted by Crippen LogP contribution is 2.50. The highest BCUT2D eigenvalue weighted by atomic mass is 16.2. The van der Waals surface area contributed by atoms with Crippen molar-refractivity contribution < 1.29 is 9.59 Å². The van der Waals surface area contributed by atoms with Crippen molar-refractivity contribution in [2.24, 2.45) is 4.99 Å². The van der Waals surface area contributed by atoms with Crippen molar-refractivity contribution in [2.75, 3.05) is 23.8 Å². The first-order valence-electron chi connectivity index (χ1n) is 5.89. The van der Waals surface area contributed by atoms with Gasteiger partial charge in [0.2, 0.25) is 12.0 Å². The Hall–Kier alpha value is -2.13. The predicted octanol–water partition coefficient (Wildman–Crippen LogP) is 1.40. The summed E-state index contributed by atoms with van der Waals surface area (Å²) in [7, 11) is 1.88.